The lowest BCUT2D eigenvalue weighted by Gasteiger charge is -2.39. The number of hydrogen-bond acceptors (Lipinski definition) is 4. The van der Waals surface area contributed by atoms with Gasteiger partial charge in [0.1, 0.15) is 0 Å². The lowest BCUT2D eigenvalue weighted by molar-refractivity contribution is 0.0584. The molecule has 16 heavy (non-hydrogen) atoms. The highest BCUT2D eigenvalue weighted by molar-refractivity contribution is 7.99. The zero-order valence-corrected chi connectivity index (χ0v) is 11.3. The number of morpholine rings is 1. The summed E-state index contributed by atoms with van der Waals surface area (Å²) in [6.45, 7) is 8.75. The Morgan fingerprint density at radius 1 is 1.56 bits per heavy atom. The Kier molecular flexibility index (Phi) is 4.95. The molecule has 2 aliphatic heterocycles. The van der Waals surface area contributed by atoms with Gasteiger partial charge in [-0.25, -0.2) is 0 Å². The molecule has 2 aliphatic rings. The fraction of sp³-hybridized carbons (Fsp3) is 1.00. The predicted molar refractivity (Wildman–Crippen MR) is 70.2 cm³/mol. The SMILES string of the molecule is CC1CSCCN1C(C)CC1COCCN1. The van der Waals surface area contributed by atoms with Gasteiger partial charge in [-0.3, -0.25) is 4.90 Å². The molecular formula is C12H24N2OS. The molecule has 0 radical (unpaired) electrons. The molecule has 0 saturated carbocycles. The minimum Gasteiger partial charge on any atom is -0.379 e. The third kappa shape index (κ3) is 3.36. The fourth-order valence-electron chi connectivity index (χ4n) is 2.71. The van der Waals surface area contributed by atoms with Gasteiger partial charge < -0.3 is 10.1 Å². The van der Waals surface area contributed by atoms with E-state index in [0.29, 0.717) is 12.1 Å². The molecule has 94 valence electrons. The Morgan fingerprint density at radius 2 is 2.44 bits per heavy atom. The third-order valence-corrected chi connectivity index (χ3v) is 4.80. The molecule has 0 bridgehead atoms. The first kappa shape index (κ1) is 12.7. The minimum atomic E-state index is 0.561. The van der Waals surface area contributed by atoms with Crippen molar-refractivity contribution in [2.45, 2.75) is 38.4 Å². The largest absolute Gasteiger partial charge is 0.379 e. The van der Waals surface area contributed by atoms with Crippen LogP contribution in [0.1, 0.15) is 20.3 Å². The van der Waals surface area contributed by atoms with Crippen LogP contribution in [0.15, 0.2) is 0 Å². The second-order valence-corrected chi connectivity index (χ2v) is 6.12. The molecule has 2 heterocycles. The molecular weight excluding hydrogens is 220 g/mol. The van der Waals surface area contributed by atoms with E-state index in [9.17, 15) is 0 Å². The average molecular weight is 244 g/mol. The van der Waals surface area contributed by atoms with Gasteiger partial charge in [0.2, 0.25) is 0 Å². The smallest absolute Gasteiger partial charge is 0.0620 e. The van der Waals surface area contributed by atoms with E-state index < -0.39 is 0 Å². The zero-order chi connectivity index (χ0) is 11.4. The van der Waals surface area contributed by atoms with Crippen molar-refractivity contribution >= 4 is 11.8 Å². The molecule has 3 nitrogen and oxygen atoms in total. The number of nitrogens with one attached hydrogen (secondary N) is 1. The summed E-state index contributed by atoms with van der Waals surface area (Å²) >= 11 is 2.09. The molecule has 3 unspecified atom stereocenters. The summed E-state index contributed by atoms with van der Waals surface area (Å²) in [5.41, 5.74) is 0. The van der Waals surface area contributed by atoms with Crippen LogP contribution in [0.3, 0.4) is 0 Å². The van der Waals surface area contributed by atoms with E-state index in [2.05, 4.69) is 35.8 Å². The van der Waals surface area contributed by atoms with Gasteiger partial charge in [-0.1, -0.05) is 0 Å². The number of nitrogens with zero attached hydrogens (tertiary/aromatic N) is 1. The van der Waals surface area contributed by atoms with Crippen molar-refractivity contribution in [2.75, 3.05) is 37.8 Å². The van der Waals surface area contributed by atoms with E-state index in [4.69, 9.17) is 4.74 Å². The van der Waals surface area contributed by atoms with E-state index in [-0.39, 0.29) is 0 Å². The highest BCUT2D eigenvalue weighted by Crippen LogP contribution is 2.20. The third-order valence-electron chi connectivity index (χ3n) is 3.61. The zero-order valence-electron chi connectivity index (χ0n) is 10.4. The van der Waals surface area contributed by atoms with Crippen molar-refractivity contribution in [3.8, 4) is 0 Å². The van der Waals surface area contributed by atoms with Gasteiger partial charge in [-0.15, -0.1) is 0 Å². The second-order valence-electron chi connectivity index (χ2n) is 4.97. The van der Waals surface area contributed by atoms with Crippen molar-refractivity contribution in [3.05, 3.63) is 0 Å². The fourth-order valence-corrected chi connectivity index (χ4v) is 3.75. The molecule has 0 aliphatic carbocycles. The van der Waals surface area contributed by atoms with Crippen LogP contribution in [0.4, 0.5) is 0 Å². The van der Waals surface area contributed by atoms with Crippen molar-refractivity contribution in [1.29, 1.82) is 0 Å². The van der Waals surface area contributed by atoms with Gasteiger partial charge in [0.25, 0.3) is 0 Å². The van der Waals surface area contributed by atoms with Crippen LogP contribution >= 0.6 is 11.8 Å². The molecule has 0 aromatic rings. The summed E-state index contributed by atoms with van der Waals surface area (Å²) in [6, 6.07) is 1.97. The van der Waals surface area contributed by atoms with Gasteiger partial charge >= 0.3 is 0 Å². The standard InChI is InChI=1S/C12H24N2OS/c1-10(7-12-8-15-5-3-13-12)14-4-6-16-9-11(14)2/h10-13H,3-9H2,1-2H3. The summed E-state index contributed by atoms with van der Waals surface area (Å²) in [7, 11) is 0. The molecule has 0 aromatic heterocycles. The van der Waals surface area contributed by atoms with Crippen LogP contribution in [-0.4, -0.2) is 60.8 Å². The number of thioether (sulfide) groups is 1. The van der Waals surface area contributed by atoms with E-state index in [0.717, 1.165) is 25.8 Å². The summed E-state index contributed by atoms with van der Waals surface area (Å²) in [6.07, 6.45) is 1.22. The van der Waals surface area contributed by atoms with Gasteiger partial charge in [0, 0.05) is 42.7 Å². The maximum Gasteiger partial charge on any atom is 0.0620 e. The first-order valence-corrected chi connectivity index (χ1v) is 7.57. The quantitative estimate of drug-likeness (QED) is 0.806. The molecule has 0 aromatic carbocycles. The number of hydrogen-bond donors (Lipinski definition) is 1. The monoisotopic (exact) mass is 244 g/mol. The minimum absolute atomic E-state index is 0.561. The van der Waals surface area contributed by atoms with Crippen molar-refractivity contribution < 1.29 is 4.74 Å². The molecule has 0 amide bonds. The summed E-state index contributed by atoms with van der Waals surface area (Å²) in [5.74, 6) is 2.59. The Balaban J connectivity index is 1.78. The number of ether oxygens (including phenoxy) is 1. The molecule has 0 spiro atoms. The lowest BCUT2D eigenvalue weighted by Crippen LogP contribution is -2.50. The van der Waals surface area contributed by atoms with Crippen LogP contribution in [0.5, 0.6) is 0 Å². The lowest BCUT2D eigenvalue weighted by atomic mass is 10.1. The van der Waals surface area contributed by atoms with E-state index in [1.165, 1.54) is 24.5 Å². The van der Waals surface area contributed by atoms with Gasteiger partial charge in [0.15, 0.2) is 0 Å². The second kappa shape index (κ2) is 6.24. The normalized spacial score (nSPS) is 34.9. The Labute approximate surface area is 103 Å². The van der Waals surface area contributed by atoms with Gasteiger partial charge in [0.05, 0.1) is 13.2 Å². The van der Waals surface area contributed by atoms with E-state index in [1.54, 1.807) is 0 Å². The van der Waals surface area contributed by atoms with Gasteiger partial charge in [-0.05, 0) is 20.3 Å². The number of rotatable bonds is 3. The summed E-state index contributed by atoms with van der Waals surface area (Å²) in [5, 5.41) is 3.55. The highest BCUT2D eigenvalue weighted by Gasteiger charge is 2.26. The highest BCUT2D eigenvalue weighted by atomic mass is 32.2. The average Bonchev–Trinajstić information content (AvgIpc) is 2.31. The van der Waals surface area contributed by atoms with Crippen LogP contribution in [0.2, 0.25) is 0 Å². The Bertz CT molecular complexity index is 209. The van der Waals surface area contributed by atoms with Crippen LogP contribution in [0, 0.1) is 0 Å². The topological polar surface area (TPSA) is 24.5 Å². The summed E-state index contributed by atoms with van der Waals surface area (Å²) < 4.78 is 5.51. The first-order valence-electron chi connectivity index (χ1n) is 6.42. The van der Waals surface area contributed by atoms with Crippen LogP contribution in [0.25, 0.3) is 0 Å². The predicted octanol–water partition coefficient (Wildman–Crippen LogP) is 1.19. The molecule has 2 fully saturated rings. The van der Waals surface area contributed by atoms with Crippen molar-refractivity contribution in [1.82, 2.24) is 10.2 Å². The molecule has 3 atom stereocenters. The Hall–Kier alpha value is 0.230. The molecule has 4 heteroatoms. The van der Waals surface area contributed by atoms with E-state index >= 15 is 0 Å². The summed E-state index contributed by atoms with van der Waals surface area (Å²) in [4.78, 5) is 2.66. The molecule has 2 rings (SSSR count). The molecule has 2 saturated heterocycles. The maximum atomic E-state index is 5.51. The first-order chi connectivity index (χ1) is 7.77. The van der Waals surface area contributed by atoms with Crippen molar-refractivity contribution in [3.63, 3.8) is 0 Å². The van der Waals surface area contributed by atoms with Crippen LogP contribution in [-0.2, 0) is 4.74 Å². The Morgan fingerprint density at radius 3 is 3.12 bits per heavy atom. The molecule has 1 N–H and O–H groups in total. The van der Waals surface area contributed by atoms with E-state index in [1.807, 2.05) is 0 Å². The van der Waals surface area contributed by atoms with Crippen molar-refractivity contribution in [2.24, 2.45) is 0 Å². The van der Waals surface area contributed by atoms with Gasteiger partial charge in [-0.2, -0.15) is 11.8 Å². The maximum absolute atomic E-state index is 5.51. The van der Waals surface area contributed by atoms with Crippen LogP contribution < -0.4 is 5.32 Å².